The second kappa shape index (κ2) is 11.5. The zero-order valence-electron chi connectivity index (χ0n) is 24.3. The van der Waals surface area contributed by atoms with Crippen molar-refractivity contribution in [2.45, 2.75) is 123 Å². The van der Waals surface area contributed by atoms with Gasteiger partial charge in [-0.2, -0.15) is 0 Å². The van der Waals surface area contributed by atoms with E-state index in [4.69, 9.17) is 4.74 Å². The molecule has 210 valence electrons. The molecule has 0 bridgehead atoms. The van der Waals surface area contributed by atoms with Gasteiger partial charge in [0.1, 0.15) is 5.75 Å². The van der Waals surface area contributed by atoms with E-state index >= 15 is 0 Å². The maximum Gasteiger partial charge on any atom is 0.155 e. The Hall–Kier alpha value is -1.65. The largest absolute Gasteiger partial charge is 0.494 e. The van der Waals surface area contributed by atoms with Crippen molar-refractivity contribution < 1.29 is 14.6 Å². The van der Waals surface area contributed by atoms with Gasteiger partial charge in [0.2, 0.25) is 0 Å². The van der Waals surface area contributed by atoms with E-state index in [1.54, 1.807) is 0 Å². The van der Waals surface area contributed by atoms with Crippen LogP contribution in [-0.4, -0.2) is 29.6 Å². The topological polar surface area (TPSA) is 58.6 Å². The lowest BCUT2D eigenvalue weighted by Gasteiger charge is -2.58. The van der Waals surface area contributed by atoms with Crippen molar-refractivity contribution >= 4 is 5.78 Å². The van der Waals surface area contributed by atoms with Gasteiger partial charge in [0.15, 0.2) is 5.78 Å². The molecule has 0 spiro atoms. The van der Waals surface area contributed by atoms with Crippen LogP contribution >= 0.6 is 0 Å². The van der Waals surface area contributed by atoms with E-state index in [9.17, 15) is 9.90 Å². The van der Waals surface area contributed by atoms with E-state index in [1.807, 2.05) is 6.08 Å². The lowest BCUT2D eigenvalue weighted by atomic mass is 9.46. The van der Waals surface area contributed by atoms with Crippen molar-refractivity contribution in [3.8, 4) is 5.75 Å². The number of nitrogens with one attached hydrogen (secondary N) is 1. The van der Waals surface area contributed by atoms with Crippen LogP contribution in [-0.2, 0) is 4.79 Å². The molecule has 7 atom stereocenters. The molecule has 4 nitrogen and oxygen atoms in total. The van der Waals surface area contributed by atoms with Gasteiger partial charge in [-0.3, -0.25) is 4.79 Å². The number of carbonyl (C=O) groups is 1. The first-order valence-corrected chi connectivity index (χ1v) is 15.7. The quantitative estimate of drug-likeness (QED) is 0.334. The second-order valence-corrected chi connectivity index (χ2v) is 13.1. The highest BCUT2D eigenvalue weighted by Crippen LogP contribution is 2.66. The van der Waals surface area contributed by atoms with Gasteiger partial charge in [-0.1, -0.05) is 45.4 Å². The average molecular weight is 522 g/mol. The van der Waals surface area contributed by atoms with Crippen molar-refractivity contribution in [3.63, 3.8) is 0 Å². The predicted molar refractivity (Wildman–Crippen MR) is 154 cm³/mol. The van der Waals surface area contributed by atoms with Crippen LogP contribution in [0.4, 0.5) is 0 Å². The summed E-state index contributed by atoms with van der Waals surface area (Å²) in [6, 6.07) is 9.55. The van der Waals surface area contributed by atoms with Gasteiger partial charge in [0.25, 0.3) is 0 Å². The second-order valence-electron chi connectivity index (χ2n) is 13.1. The fraction of sp³-hybridized carbons (Fsp3) is 0.735. The third-order valence-corrected chi connectivity index (χ3v) is 11.6. The van der Waals surface area contributed by atoms with Crippen LogP contribution in [0.25, 0.3) is 0 Å². The summed E-state index contributed by atoms with van der Waals surface area (Å²) < 4.78 is 6.42. The summed E-state index contributed by atoms with van der Waals surface area (Å²) in [5.74, 6) is 3.19. The molecule has 4 unspecified atom stereocenters. The monoisotopic (exact) mass is 521 g/mol. The Bertz CT molecular complexity index is 1010. The molecule has 0 radical (unpaired) electrons. The summed E-state index contributed by atoms with van der Waals surface area (Å²) in [6.45, 7) is 9.87. The summed E-state index contributed by atoms with van der Waals surface area (Å²) in [5.41, 5.74) is 2.91. The van der Waals surface area contributed by atoms with Gasteiger partial charge in [0, 0.05) is 23.9 Å². The molecule has 3 fully saturated rings. The predicted octanol–water partition coefficient (Wildman–Crippen LogP) is 7.56. The number of hydrogen-bond acceptors (Lipinski definition) is 4. The third kappa shape index (κ3) is 5.01. The van der Waals surface area contributed by atoms with E-state index in [-0.39, 0.29) is 16.9 Å². The molecule has 0 aliphatic heterocycles. The average Bonchev–Trinajstić information content (AvgIpc) is 3.26. The van der Waals surface area contributed by atoms with E-state index in [0.717, 1.165) is 63.5 Å². The summed E-state index contributed by atoms with van der Waals surface area (Å²) in [7, 11) is 0. The van der Waals surface area contributed by atoms with Gasteiger partial charge in [-0.15, -0.1) is 0 Å². The van der Waals surface area contributed by atoms with Crippen LogP contribution in [0.2, 0.25) is 0 Å². The number of aliphatic hydroxyl groups is 1. The van der Waals surface area contributed by atoms with Crippen LogP contribution in [0.3, 0.4) is 0 Å². The van der Waals surface area contributed by atoms with Crippen molar-refractivity contribution in [3.05, 3.63) is 41.5 Å². The first-order chi connectivity index (χ1) is 18.3. The standard InChI is InChI=1S/C34H51NO3/c1-5-25(6-2)35-31(7-3)23-9-8-10-27(21-23)38-20-19-34-18-16-29-28(30(34)13-14-32(34)37)12-11-24-22-26(36)15-17-33(24,29)4/h8-10,21-22,25,28-32,35,37H,5-7,11-20H2,1-4H3/t28?,29?,30?,31?,32-,33-,34+/m0/s1. The van der Waals surface area contributed by atoms with Crippen molar-refractivity contribution in [1.82, 2.24) is 5.32 Å². The van der Waals surface area contributed by atoms with Gasteiger partial charge >= 0.3 is 0 Å². The smallest absolute Gasteiger partial charge is 0.155 e. The highest BCUT2D eigenvalue weighted by Gasteiger charge is 2.60. The van der Waals surface area contributed by atoms with E-state index < -0.39 is 0 Å². The molecule has 0 aromatic heterocycles. The van der Waals surface area contributed by atoms with E-state index in [2.05, 4.69) is 57.3 Å². The van der Waals surface area contributed by atoms with Gasteiger partial charge in [0.05, 0.1) is 12.7 Å². The molecule has 2 N–H and O–H groups in total. The Balaban J connectivity index is 1.26. The van der Waals surface area contributed by atoms with Gasteiger partial charge < -0.3 is 15.2 Å². The van der Waals surface area contributed by atoms with Crippen LogP contribution < -0.4 is 10.1 Å². The summed E-state index contributed by atoms with van der Waals surface area (Å²) >= 11 is 0. The fourth-order valence-electron chi connectivity index (χ4n) is 9.26. The molecule has 5 rings (SSSR count). The molecule has 1 aromatic rings. The van der Waals surface area contributed by atoms with E-state index in [1.165, 1.54) is 24.0 Å². The number of aliphatic hydroxyl groups excluding tert-OH is 1. The Kier molecular flexibility index (Phi) is 8.41. The molecular formula is C34H51NO3. The normalized spacial score (nSPS) is 35.3. The molecule has 4 aliphatic carbocycles. The minimum atomic E-state index is -0.213. The zero-order valence-corrected chi connectivity index (χ0v) is 24.3. The highest BCUT2D eigenvalue weighted by atomic mass is 16.5. The van der Waals surface area contributed by atoms with Crippen molar-refractivity contribution in [2.24, 2.45) is 28.6 Å². The number of ketones is 1. The lowest BCUT2D eigenvalue weighted by Crippen LogP contribution is -2.52. The Morgan fingerprint density at radius 1 is 1.03 bits per heavy atom. The number of benzene rings is 1. The number of hydrogen-bond donors (Lipinski definition) is 2. The Labute approximate surface area is 231 Å². The lowest BCUT2D eigenvalue weighted by molar-refractivity contribution is -0.118. The third-order valence-electron chi connectivity index (χ3n) is 11.6. The zero-order chi connectivity index (χ0) is 26.9. The number of rotatable bonds is 10. The molecule has 0 heterocycles. The SMILES string of the molecule is CCC(CC)NC(CC)c1cccc(OCC[C@]23CCC4C(CCC5=CC(=O)CC[C@@]54C)C2CC[C@@H]3O)c1. The van der Waals surface area contributed by atoms with E-state index in [0.29, 0.717) is 48.6 Å². The van der Waals surface area contributed by atoms with Gasteiger partial charge in [-0.05, 0) is 118 Å². The molecule has 4 aliphatic rings. The summed E-state index contributed by atoms with van der Waals surface area (Å²) in [4.78, 5) is 12.2. The molecule has 4 heteroatoms. The number of ether oxygens (including phenoxy) is 1. The van der Waals surface area contributed by atoms with Gasteiger partial charge in [-0.25, -0.2) is 0 Å². The van der Waals surface area contributed by atoms with Crippen LogP contribution in [0.15, 0.2) is 35.9 Å². The Morgan fingerprint density at radius 2 is 1.84 bits per heavy atom. The van der Waals surface area contributed by atoms with Crippen LogP contribution in [0, 0.1) is 28.6 Å². The Morgan fingerprint density at radius 3 is 2.61 bits per heavy atom. The minimum Gasteiger partial charge on any atom is -0.494 e. The maximum absolute atomic E-state index is 12.2. The number of carbonyl (C=O) groups excluding carboxylic acids is 1. The highest BCUT2D eigenvalue weighted by molar-refractivity contribution is 5.91. The first kappa shape index (κ1) is 27.9. The number of allylic oxidation sites excluding steroid dienone is 1. The molecule has 0 saturated heterocycles. The minimum absolute atomic E-state index is 0.0101. The first-order valence-electron chi connectivity index (χ1n) is 15.7. The number of fused-ring (bicyclic) bond motifs is 5. The van der Waals surface area contributed by atoms with Crippen LogP contribution in [0.5, 0.6) is 5.75 Å². The van der Waals surface area contributed by atoms with Crippen molar-refractivity contribution in [2.75, 3.05) is 6.61 Å². The molecule has 3 saturated carbocycles. The molecule has 38 heavy (non-hydrogen) atoms. The summed E-state index contributed by atoms with van der Waals surface area (Å²) in [6.07, 6.45) is 14.4. The molecule has 1 aromatic carbocycles. The van der Waals surface area contributed by atoms with Crippen LogP contribution in [0.1, 0.15) is 116 Å². The summed E-state index contributed by atoms with van der Waals surface area (Å²) in [5, 5.41) is 15.2. The molecular weight excluding hydrogens is 470 g/mol. The maximum atomic E-state index is 12.2. The molecule has 0 amide bonds. The fourth-order valence-corrected chi connectivity index (χ4v) is 9.26. The van der Waals surface area contributed by atoms with Crippen molar-refractivity contribution in [1.29, 1.82) is 0 Å².